The standard InChI is InChI=1S/C23H25N3O2/c27-22(11-12-23-24-15-21(28-23)19-9-5-2-6-10-19)25-20-13-14-26(17-20)16-18-7-3-1-4-8-18/h1-10,15,20H,11-14,16-17H2,(H,25,27)/t20-/m0/s1. The number of benzene rings is 2. The maximum atomic E-state index is 12.3. The Morgan fingerprint density at radius 3 is 2.64 bits per heavy atom. The van der Waals surface area contributed by atoms with E-state index < -0.39 is 0 Å². The Morgan fingerprint density at radius 1 is 1.11 bits per heavy atom. The van der Waals surface area contributed by atoms with Gasteiger partial charge in [-0.3, -0.25) is 9.69 Å². The average Bonchev–Trinajstić information content (AvgIpc) is 3.38. The first-order valence-electron chi connectivity index (χ1n) is 9.82. The summed E-state index contributed by atoms with van der Waals surface area (Å²) in [6, 6.07) is 20.5. The van der Waals surface area contributed by atoms with Gasteiger partial charge in [-0.15, -0.1) is 0 Å². The van der Waals surface area contributed by atoms with Gasteiger partial charge in [0.05, 0.1) is 6.20 Å². The smallest absolute Gasteiger partial charge is 0.220 e. The number of carbonyl (C=O) groups excluding carboxylic acids is 1. The zero-order valence-electron chi connectivity index (χ0n) is 15.9. The van der Waals surface area contributed by atoms with Gasteiger partial charge >= 0.3 is 0 Å². The molecule has 1 amide bonds. The molecule has 0 spiro atoms. The molecule has 5 nitrogen and oxygen atoms in total. The molecule has 1 atom stereocenters. The molecule has 4 rings (SSSR count). The molecule has 1 N–H and O–H groups in total. The third-order valence-corrected chi connectivity index (χ3v) is 5.06. The molecule has 28 heavy (non-hydrogen) atoms. The number of carbonyl (C=O) groups is 1. The summed E-state index contributed by atoms with van der Waals surface area (Å²) in [6.07, 6.45) is 3.62. The maximum Gasteiger partial charge on any atom is 0.220 e. The first-order chi connectivity index (χ1) is 13.8. The van der Waals surface area contributed by atoms with E-state index in [1.54, 1.807) is 6.20 Å². The van der Waals surface area contributed by atoms with Gasteiger partial charge in [-0.05, 0) is 12.0 Å². The van der Waals surface area contributed by atoms with E-state index in [9.17, 15) is 4.79 Å². The van der Waals surface area contributed by atoms with E-state index in [0.717, 1.165) is 37.4 Å². The molecule has 0 unspecified atom stereocenters. The highest BCUT2D eigenvalue weighted by Crippen LogP contribution is 2.20. The number of aryl methyl sites for hydroxylation is 1. The Balaban J connectivity index is 1.22. The summed E-state index contributed by atoms with van der Waals surface area (Å²) in [4.78, 5) is 19.0. The zero-order chi connectivity index (χ0) is 19.2. The second-order valence-corrected chi connectivity index (χ2v) is 7.26. The highest BCUT2D eigenvalue weighted by atomic mass is 16.4. The molecule has 0 saturated carbocycles. The molecule has 3 aromatic rings. The Hall–Kier alpha value is -2.92. The van der Waals surface area contributed by atoms with Gasteiger partial charge in [0.2, 0.25) is 5.91 Å². The van der Waals surface area contributed by atoms with Crippen LogP contribution in [0.15, 0.2) is 71.3 Å². The Labute approximate surface area is 165 Å². The minimum Gasteiger partial charge on any atom is -0.441 e. The highest BCUT2D eigenvalue weighted by Gasteiger charge is 2.23. The number of nitrogens with zero attached hydrogens (tertiary/aromatic N) is 2. The number of likely N-dealkylation sites (tertiary alicyclic amines) is 1. The Morgan fingerprint density at radius 2 is 1.86 bits per heavy atom. The summed E-state index contributed by atoms with van der Waals surface area (Å²) in [5.41, 5.74) is 2.31. The molecule has 1 fully saturated rings. The quantitative estimate of drug-likeness (QED) is 0.685. The van der Waals surface area contributed by atoms with Gasteiger partial charge < -0.3 is 9.73 Å². The first kappa shape index (κ1) is 18.4. The van der Waals surface area contributed by atoms with Crippen molar-refractivity contribution in [2.24, 2.45) is 0 Å². The van der Waals surface area contributed by atoms with Crippen LogP contribution in [0.3, 0.4) is 0 Å². The summed E-state index contributed by atoms with van der Waals surface area (Å²) < 4.78 is 5.77. The fourth-order valence-electron chi connectivity index (χ4n) is 3.62. The molecule has 1 aliphatic rings. The lowest BCUT2D eigenvalue weighted by Crippen LogP contribution is -2.37. The average molecular weight is 375 g/mol. The van der Waals surface area contributed by atoms with Crippen LogP contribution >= 0.6 is 0 Å². The predicted octanol–water partition coefficient (Wildman–Crippen LogP) is 3.66. The third kappa shape index (κ3) is 4.87. The van der Waals surface area contributed by atoms with Gasteiger partial charge in [-0.25, -0.2) is 4.98 Å². The van der Waals surface area contributed by atoms with Gasteiger partial charge in [-0.1, -0.05) is 60.7 Å². The molecule has 0 aliphatic carbocycles. The maximum absolute atomic E-state index is 12.3. The lowest BCUT2D eigenvalue weighted by Gasteiger charge is -2.16. The first-order valence-corrected chi connectivity index (χ1v) is 9.82. The number of hydrogen-bond donors (Lipinski definition) is 1. The van der Waals surface area contributed by atoms with E-state index in [1.807, 2.05) is 36.4 Å². The second-order valence-electron chi connectivity index (χ2n) is 7.26. The molecule has 144 valence electrons. The van der Waals surface area contributed by atoms with Crippen LogP contribution in [0.1, 0.15) is 24.3 Å². The molecule has 1 saturated heterocycles. The number of rotatable bonds is 7. The van der Waals surface area contributed by atoms with Crippen LogP contribution in [-0.4, -0.2) is 34.9 Å². The Kier molecular flexibility index (Phi) is 5.83. The largest absolute Gasteiger partial charge is 0.441 e. The number of amides is 1. The lowest BCUT2D eigenvalue weighted by atomic mass is 10.2. The van der Waals surface area contributed by atoms with Crippen LogP contribution in [-0.2, 0) is 17.8 Å². The second kappa shape index (κ2) is 8.85. The van der Waals surface area contributed by atoms with Crippen molar-refractivity contribution in [3.05, 3.63) is 78.3 Å². The van der Waals surface area contributed by atoms with E-state index in [1.165, 1.54) is 5.56 Å². The Bertz CT molecular complexity index is 892. The minimum absolute atomic E-state index is 0.0611. The van der Waals surface area contributed by atoms with Crippen LogP contribution in [0.5, 0.6) is 0 Å². The van der Waals surface area contributed by atoms with Gasteiger partial charge in [0.1, 0.15) is 0 Å². The van der Waals surface area contributed by atoms with E-state index in [4.69, 9.17) is 4.42 Å². The molecule has 1 aliphatic heterocycles. The molecule has 0 bridgehead atoms. The summed E-state index contributed by atoms with van der Waals surface area (Å²) in [5, 5.41) is 3.15. The fourth-order valence-corrected chi connectivity index (χ4v) is 3.62. The lowest BCUT2D eigenvalue weighted by molar-refractivity contribution is -0.121. The van der Waals surface area contributed by atoms with E-state index >= 15 is 0 Å². The molecule has 5 heteroatoms. The van der Waals surface area contributed by atoms with Crippen LogP contribution in [0.4, 0.5) is 0 Å². The van der Waals surface area contributed by atoms with Crippen molar-refractivity contribution >= 4 is 5.91 Å². The normalized spacial score (nSPS) is 16.9. The van der Waals surface area contributed by atoms with Crippen molar-refractivity contribution in [2.75, 3.05) is 13.1 Å². The monoisotopic (exact) mass is 375 g/mol. The summed E-state index contributed by atoms with van der Waals surface area (Å²) >= 11 is 0. The van der Waals surface area contributed by atoms with Gasteiger partial charge in [-0.2, -0.15) is 0 Å². The van der Waals surface area contributed by atoms with Gasteiger partial charge in [0.25, 0.3) is 0 Å². The van der Waals surface area contributed by atoms with Gasteiger partial charge in [0, 0.05) is 44.1 Å². The zero-order valence-corrected chi connectivity index (χ0v) is 15.9. The number of oxazole rings is 1. The predicted molar refractivity (Wildman–Crippen MR) is 109 cm³/mol. The van der Waals surface area contributed by atoms with Crippen molar-refractivity contribution in [3.63, 3.8) is 0 Å². The van der Waals surface area contributed by atoms with Crippen LogP contribution in [0.2, 0.25) is 0 Å². The molecular formula is C23H25N3O2. The minimum atomic E-state index is 0.0611. The molecule has 0 radical (unpaired) electrons. The van der Waals surface area contributed by atoms with Crippen LogP contribution in [0, 0.1) is 0 Å². The van der Waals surface area contributed by atoms with Crippen molar-refractivity contribution < 1.29 is 9.21 Å². The van der Waals surface area contributed by atoms with E-state index in [-0.39, 0.29) is 11.9 Å². The van der Waals surface area contributed by atoms with Crippen LogP contribution in [0.25, 0.3) is 11.3 Å². The van der Waals surface area contributed by atoms with Crippen molar-refractivity contribution in [1.82, 2.24) is 15.2 Å². The third-order valence-electron chi connectivity index (χ3n) is 5.06. The fraction of sp³-hybridized carbons (Fsp3) is 0.304. The van der Waals surface area contributed by atoms with E-state index in [2.05, 4.69) is 39.5 Å². The highest BCUT2D eigenvalue weighted by molar-refractivity contribution is 5.76. The van der Waals surface area contributed by atoms with Crippen LogP contribution < -0.4 is 5.32 Å². The van der Waals surface area contributed by atoms with Crippen molar-refractivity contribution in [3.8, 4) is 11.3 Å². The molecule has 2 aromatic carbocycles. The topological polar surface area (TPSA) is 58.4 Å². The van der Waals surface area contributed by atoms with Crippen molar-refractivity contribution in [1.29, 1.82) is 0 Å². The summed E-state index contributed by atoms with van der Waals surface area (Å²) in [6.45, 7) is 2.85. The molecular weight excluding hydrogens is 350 g/mol. The number of nitrogens with one attached hydrogen (secondary N) is 1. The SMILES string of the molecule is O=C(CCc1ncc(-c2ccccc2)o1)N[C@H]1CCN(Cc2ccccc2)C1. The van der Waals surface area contributed by atoms with E-state index in [0.29, 0.717) is 18.7 Å². The summed E-state index contributed by atoms with van der Waals surface area (Å²) in [5.74, 6) is 1.40. The van der Waals surface area contributed by atoms with Gasteiger partial charge in [0.15, 0.2) is 11.7 Å². The molecule has 2 heterocycles. The van der Waals surface area contributed by atoms with Crippen molar-refractivity contribution in [2.45, 2.75) is 31.8 Å². The number of hydrogen-bond acceptors (Lipinski definition) is 4. The number of aromatic nitrogens is 1. The molecule has 1 aromatic heterocycles. The summed E-state index contributed by atoms with van der Waals surface area (Å²) in [7, 11) is 0.